The van der Waals surface area contributed by atoms with Crippen LogP contribution in [-0.4, -0.2) is 33.9 Å². The Labute approximate surface area is 200 Å². The molecule has 8 heteroatoms. The van der Waals surface area contributed by atoms with E-state index in [9.17, 15) is 4.79 Å². The molecule has 33 heavy (non-hydrogen) atoms. The molecule has 1 aromatic heterocycles. The number of rotatable bonds is 11. The first-order valence-corrected chi connectivity index (χ1v) is 11.7. The van der Waals surface area contributed by atoms with Gasteiger partial charge in [0, 0.05) is 5.56 Å². The minimum absolute atomic E-state index is 0.0693. The van der Waals surface area contributed by atoms with Gasteiger partial charge in [-0.15, -0.1) is 0 Å². The third kappa shape index (κ3) is 6.44. The molecule has 0 saturated carbocycles. The number of aromatic amines is 1. The van der Waals surface area contributed by atoms with Crippen LogP contribution in [-0.2, 0) is 11.3 Å². The number of amides is 1. The second-order valence-electron chi connectivity index (χ2n) is 8.00. The summed E-state index contributed by atoms with van der Waals surface area (Å²) < 4.78 is 13.8. The molecular weight excluding hydrogens is 436 g/mol. The Bertz CT molecular complexity index is 1140. The van der Waals surface area contributed by atoms with E-state index in [-0.39, 0.29) is 18.5 Å². The zero-order chi connectivity index (χ0) is 23.8. The van der Waals surface area contributed by atoms with Crippen LogP contribution in [0.25, 0.3) is 11.4 Å². The van der Waals surface area contributed by atoms with Crippen LogP contribution in [0.5, 0.6) is 11.5 Å². The topological polar surface area (TPSA) is 81.2 Å². The molecule has 3 aromatic rings. The highest BCUT2D eigenvalue weighted by molar-refractivity contribution is 7.71. The Hall–Kier alpha value is -3.13. The van der Waals surface area contributed by atoms with Crippen LogP contribution in [0.1, 0.15) is 50.8 Å². The average molecular weight is 469 g/mol. The molecule has 0 aliphatic carbocycles. The van der Waals surface area contributed by atoms with E-state index in [2.05, 4.69) is 29.4 Å². The third-order valence-corrected chi connectivity index (χ3v) is 5.42. The maximum Gasteiger partial charge on any atom is 0.240 e. The summed E-state index contributed by atoms with van der Waals surface area (Å²) >= 11 is 5.37. The molecule has 7 nitrogen and oxygen atoms in total. The van der Waals surface area contributed by atoms with Gasteiger partial charge in [0.15, 0.2) is 22.1 Å². The van der Waals surface area contributed by atoms with Gasteiger partial charge in [0.1, 0.15) is 6.54 Å². The minimum atomic E-state index is -0.217. The maximum absolute atomic E-state index is 12.9. The average Bonchev–Trinajstić information content (AvgIpc) is 3.16. The SMILES string of the molecule is CCCOc1ccc(C(C)NC(=O)Cn2c(-c3cccc(C)c3)n[nH]c2=S)cc1OCCC. The van der Waals surface area contributed by atoms with Crippen molar-refractivity contribution in [2.45, 2.75) is 53.1 Å². The smallest absolute Gasteiger partial charge is 0.240 e. The minimum Gasteiger partial charge on any atom is -0.490 e. The van der Waals surface area contributed by atoms with Crippen LogP contribution in [0.3, 0.4) is 0 Å². The molecule has 1 atom stereocenters. The number of carbonyl (C=O) groups excluding carboxylic acids is 1. The zero-order valence-corrected chi connectivity index (χ0v) is 20.5. The summed E-state index contributed by atoms with van der Waals surface area (Å²) in [4.78, 5) is 12.9. The fourth-order valence-corrected chi connectivity index (χ4v) is 3.63. The van der Waals surface area contributed by atoms with Gasteiger partial charge < -0.3 is 14.8 Å². The van der Waals surface area contributed by atoms with Crippen molar-refractivity contribution in [2.75, 3.05) is 13.2 Å². The highest BCUT2D eigenvalue weighted by atomic mass is 32.1. The van der Waals surface area contributed by atoms with E-state index >= 15 is 0 Å². The molecule has 3 rings (SSSR count). The van der Waals surface area contributed by atoms with E-state index in [4.69, 9.17) is 21.7 Å². The molecular formula is C25H32N4O3S. The molecule has 1 heterocycles. The Morgan fingerprint density at radius 1 is 1.12 bits per heavy atom. The van der Waals surface area contributed by atoms with E-state index in [1.54, 1.807) is 4.57 Å². The Morgan fingerprint density at radius 2 is 1.85 bits per heavy atom. The van der Waals surface area contributed by atoms with Crippen molar-refractivity contribution in [2.24, 2.45) is 0 Å². The number of hydrogen-bond acceptors (Lipinski definition) is 5. The molecule has 0 radical (unpaired) electrons. The van der Waals surface area contributed by atoms with Gasteiger partial charge in [0.25, 0.3) is 0 Å². The number of hydrogen-bond donors (Lipinski definition) is 2. The van der Waals surface area contributed by atoms with Crippen molar-refractivity contribution in [1.82, 2.24) is 20.1 Å². The lowest BCUT2D eigenvalue weighted by atomic mass is 10.1. The number of nitrogens with one attached hydrogen (secondary N) is 2. The molecule has 2 aromatic carbocycles. The summed E-state index contributed by atoms with van der Waals surface area (Å²) in [5.74, 6) is 1.90. The normalized spacial score (nSPS) is 11.8. The number of H-pyrrole nitrogens is 1. The van der Waals surface area contributed by atoms with Gasteiger partial charge in [0.05, 0.1) is 19.3 Å². The fourth-order valence-electron chi connectivity index (χ4n) is 3.43. The molecule has 0 bridgehead atoms. The van der Waals surface area contributed by atoms with Crippen molar-refractivity contribution in [3.05, 3.63) is 58.4 Å². The van der Waals surface area contributed by atoms with Gasteiger partial charge in [-0.3, -0.25) is 14.5 Å². The maximum atomic E-state index is 12.9. The van der Waals surface area contributed by atoms with Crippen LogP contribution < -0.4 is 14.8 Å². The molecule has 176 valence electrons. The fraction of sp³-hybridized carbons (Fsp3) is 0.400. The number of benzene rings is 2. The zero-order valence-electron chi connectivity index (χ0n) is 19.7. The largest absolute Gasteiger partial charge is 0.490 e. The summed E-state index contributed by atoms with van der Waals surface area (Å²) in [5, 5.41) is 10.2. The lowest BCUT2D eigenvalue weighted by Gasteiger charge is -2.18. The third-order valence-electron chi connectivity index (χ3n) is 5.10. The van der Waals surface area contributed by atoms with E-state index in [0.29, 0.717) is 29.6 Å². The summed E-state index contributed by atoms with van der Waals surface area (Å²) in [5.41, 5.74) is 2.95. The highest BCUT2D eigenvalue weighted by Crippen LogP contribution is 2.31. The van der Waals surface area contributed by atoms with Gasteiger partial charge in [-0.1, -0.05) is 43.7 Å². The lowest BCUT2D eigenvalue weighted by Crippen LogP contribution is -2.30. The van der Waals surface area contributed by atoms with E-state index < -0.39 is 0 Å². The molecule has 1 amide bonds. The molecule has 0 aliphatic rings. The van der Waals surface area contributed by atoms with Crippen molar-refractivity contribution in [3.63, 3.8) is 0 Å². The number of nitrogens with zero attached hydrogens (tertiary/aromatic N) is 2. The van der Waals surface area contributed by atoms with Crippen molar-refractivity contribution >= 4 is 18.1 Å². The summed E-state index contributed by atoms with van der Waals surface area (Å²) in [6.07, 6.45) is 1.82. The van der Waals surface area contributed by atoms with Crippen LogP contribution in [0.4, 0.5) is 0 Å². The van der Waals surface area contributed by atoms with E-state index in [0.717, 1.165) is 35.3 Å². The predicted molar refractivity (Wildman–Crippen MR) is 132 cm³/mol. The second kappa shape index (κ2) is 11.7. The van der Waals surface area contributed by atoms with E-state index in [1.807, 2.05) is 56.3 Å². The van der Waals surface area contributed by atoms with Crippen molar-refractivity contribution < 1.29 is 14.3 Å². The lowest BCUT2D eigenvalue weighted by molar-refractivity contribution is -0.122. The van der Waals surface area contributed by atoms with Gasteiger partial charge in [0.2, 0.25) is 5.91 Å². The number of carbonyl (C=O) groups is 1. The second-order valence-corrected chi connectivity index (χ2v) is 8.39. The standard InChI is InChI=1S/C25H32N4O3S/c1-5-12-31-21-11-10-19(15-22(21)32-13-6-2)18(4)26-23(30)16-29-24(27-28-25(29)33)20-9-7-8-17(3)14-20/h7-11,14-15,18H,5-6,12-13,16H2,1-4H3,(H,26,30)(H,28,33). The van der Waals surface area contributed by atoms with Crippen LogP contribution >= 0.6 is 12.2 Å². The molecule has 2 N–H and O–H groups in total. The quantitative estimate of drug-likeness (QED) is 0.370. The summed E-state index contributed by atoms with van der Waals surface area (Å²) in [7, 11) is 0. The molecule has 0 spiro atoms. The summed E-state index contributed by atoms with van der Waals surface area (Å²) in [6, 6.07) is 13.5. The van der Waals surface area contributed by atoms with Gasteiger partial charge >= 0.3 is 0 Å². The van der Waals surface area contributed by atoms with Crippen LogP contribution in [0.15, 0.2) is 42.5 Å². The van der Waals surface area contributed by atoms with Gasteiger partial charge in [-0.05, 0) is 62.7 Å². The first kappa shape index (κ1) is 24.5. The molecule has 0 fully saturated rings. The van der Waals surface area contributed by atoms with E-state index in [1.165, 1.54) is 0 Å². The predicted octanol–water partition coefficient (Wildman–Crippen LogP) is 5.37. The van der Waals surface area contributed by atoms with Crippen molar-refractivity contribution in [1.29, 1.82) is 0 Å². The number of aromatic nitrogens is 3. The first-order chi connectivity index (χ1) is 15.9. The first-order valence-electron chi connectivity index (χ1n) is 11.3. The Balaban J connectivity index is 1.74. The van der Waals surface area contributed by atoms with Gasteiger partial charge in [-0.2, -0.15) is 5.10 Å². The summed E-state index contributed by atoms with van der Waals surface area (Å²) in [6.45, 7) is 9.39. The van der Waals surface area contributed by atoms with Gasteiger partial charge in [-0.25, -0.2) is 0 Å². The Kier molecular flexibility index (Phi) is 8.65. The van der Waals surface area contributed by atoms with Crippen molar-refractivity contribution in [3.8, 4) is 22.9 Å². The van der Waals surface area contributed by atoms with Crippen LogP contribution in [0.2, 0.25) is 0 Å². The molecule has 0 aliphatic heterocycles. The van der Waals surface area contributed by atoms with Crippen LogP contribution in [0, 0.1) is 11.7 Å². The molecule has 1 unspecified atom stereocenters. The monoisotopic (exact) mass is 468 g/mol. The number of aryl methyl sites for hydroxylation is 1. The molecule has 0 saturated heterocycles. The number of ether oxygens (including phenoxy) is 2. The highest BCUT2D eigenvalue weighted by Gasteiger charge is 2.16. The Morgan fingerprint density at radius 3 is 2.55 bits per heavy atom.